The van der Waals surface area contributed by atoms with Gasteiger partial charge in [0.05, 0.1) is 12.0 Å². The highest BCUT2D eigenvalue weighted by atomic mass is 32.1. The Morgan fingerprint density at radius 1 is 1.54 bits per heavy atom. The molecule has 0 radical (unpaired) electrons. The fourth-order valence-corrected chi connectivity index (χ4v) is 3.29. The van der Waals surface area contributed by atoms with E-state index in [1.807, 2.05) is 24.4 Å². The van der Waals surface area contributed by atoms with Crippen molar-refractivity contribution in [2.45, 2.75) is 13.3 Å². The number of amides is 1. The van der Waals surface area contributed by atoms with Crippen molar-refractivity contribution < 1.29 is 13.9 Å². The average Bonchev–Trinajstić information content (AvgIpc) is 3.28. The van der Waals surface area contributed by atoms with Crippen LogP contribution in [0.15, 0.2) is 33.9 Å². The average molecular weight is 363 g/mol. The zero-order valence-corrected chi connectivity index (χ0v) is 14.8. The van der Waals surface area contributed by atoms with Gasteiger partial charge in [0.25, 0.3) is 5.91 Å². The topological polar surface area (TPSA) is 67.6 Å². The molecule has 0 aliphatic carbocycles. The summed E-state index contributed by atoms with van der Waals surface area (Å²) in [6, 6.07) is 3.67. The van der Waals surface area contributed by atoms with E-state index < -0.39 is 0 Å². The maximum atomic E-state index is 12.4. The van der Waals surface area contributed by atoms with Gasteiger partial charge in [-0.05, 0) is 43.8 Å². The molecule has 6 nitrogen and oxygen atoms in total. The number of carbonyl (C=O) groups is 1. The number of nitrogens with zero attached hydrogens (tertiary/aromatic N) is 2. The van der Waals surface area contributed by atoms with Crippen LogP contribution in [0.4, 0.5) is 0 Å². The van der Waals surface area contributed by atoms with Gasteiger partial charge >= 0.3 is 0 Å². The first kappa shape index (κ1) is 16.8. The first-order chi connectivity index (χ1) is 11.7. The van der Waals surface area contributed by atoms with Gasteiger partial charge in [-0.3, -0.25) is 9.69 Å². The highest BCUT2D eigenvalue weighted by Gasteiger charge is 2.30. The molecule has 1 saturated heterocycles. The van der Waals surface area contributed by atoms with Crippen molar-refractivity contribution in [3.8, 4) is 10.8 Å². The number of carbonyl (C=O) groups excluding carboxylic acids is 1. The first-order valence-electron chi connectivity index (χ1n) is 7.60. The second-order valence-electron chi connectivity index (χ2n) is 5.05. The number of hydrogen-bond donors (Lipinski definition) is 1. The molecule has 0 atom stereocenters. The van der Waals surface area contributed by atoms with Gasteiger partial charge in [0.1, 0.15) is 5.70 Å². The molecular formula is C16H17N3O3S2. The highest BCUT2D eigenvalue weighted by Crippen LogP contribution is 2.25. The summed E-state index contributed by atoms with van der Waals surface area (Å²) in [4.78, 5) is 18.5. The number of rotatable bonds is 7. The monoisotopic (exact) mass is 363 g/mol. The van der Waals surface area contributed by atoms with Crippen LogP contribution in [0.1, 0.15) is 19.0 Å². The van der Waals surface area contributed by atoms with Crippen LogP contribution in [0.3, 0.4) is 0 Å². The molecule has 1 N–H and O–H groups in total. The van der Waals surface area contributed by atoms with Crippen molar-refractivity contribution in [3.05, 3.63) is 35.2 Å². The Morgan fingerprint density at radius 2 is 2.42 bits per heavy atom. The molecule has 0 unspecified atom stereocenters. The van der Waals surface area contributed by atoms with Crippen molar-refractivity contribution in [3.63, 3.8) is 0 Å². The lowest BCUT2D eigenvalue weighted by Crippen LogP contribution is -2.32. The van der Waals surface area contributed by atoms with Gasteiger partial charge in [0.2, 0.25) is 0 Å². The van der Waals surface area contributed by atoms with Gasteiger partial charge in [-0.15, -0.1) is 11.3 Å². The van der Waals surface area contributed by atoms with Crippen LogP contribution < -0.4 is 5.32 Å². The minimum atomic E-state index is -0.135. The summed E-state index contributed by atoms with van der Waals surface area (Å²) in [5.74, 6) is 0.576. The smallest absolute Gasteiger partial charge is 0.276 e. The van der Waals surface area contributed by atoms with Gasteiger partial charge in [-0.2, -0.15) is 0 Å². The molecule has 2 aromatic heterocycles. The number of thiazole rings is 1. The number of ether oxygens (including phenoxy) is 1. The van der Waals surface area contributed by atoms with E-state index >= 15 is 0 Å². The molecule has 3 heterocycles. The normalized spacial score (nSPS) is 16.2. The summed E-state index contributed by atoms with van der Waals surface area (Å²) in [6.45, 7) is 3.76. The standard InChI is InChI=1S/C16H17N3O3S2/c1-2-21-7-4-6-19-15(20)12(18-16(19)23)9-11-10-24-14(17-11)13-5-3-8-22-13/h3,5,8-10H,2,4,6-7H2,1H3,(H,18,23)/b12-9+. The highest BCUT2D eigenvalue weighted by molar-refractivity contribution is 7.80. The van der Waals surface area contributed by atoms with Gasteiger partial charge < -0.3 is 14.5 Å². The lowest BCUT2D eigenvalue weighted by molar-refractivity contribution is -0.122. The van der Waals surface area contributed by atoms with Crippen LogP contribution in [0, 0.1) is 0 Å². The zero-order valence-electron chi connectivity index (χ0n) is 13.2. The molecule has 126 valence electrons. The first-order valence-corrected chi connectivity index (χ1v) is 8.89. The van der Waals surface area contributed by atoms with Crippen LogP contribution in [0.25, 0.3) is 16.8 Å². The minimum absolute atomic E-state index is 0.135. The summed E-state index contributed by atoms with van der Waals surface area (Å²) >= 11 is 6.70. The van der Waals surface area contributed by atoms with Crippen LogP contribution >= 0.6 is 23.6 Å². The van der Waals surface area contributed by atoms with Crippen molar-refractivity contribution in [1.29, 1.82) is 0 Å². The second kappa shape index (κ2) is 7.69. The van der Waals surface area contributed by atoms with Crippen molar-refractivity contribution in [2.24, 2.45) is 0 Å². The van der Waals surface area contributed by atoms with Crippen molar-refractivity contribution in [1.82, 2.24) is 15.2 Å². The zero-order chi connectivity index (χ0) is 16.9. The lowest BCUT2D eigenvalue weighted by Gasteiger charge is -2.13. The largest absolute Gasteiger partial charge is 0.462 e. The minimum Gasteiger partial charge on any atom is -0.462 e. The molecule has 0 saturated carbocycles. The molecule has 0 bridgehead atoms. The Balaban J connectivity index is 1.67. The van der Waals surface area contributed by atoms with E-state index in [-0.39, 0.29) is 5.91 Å². The molecular weight excluding hydrogens is 346 g/mol. The fourth-order valence-electron chi connectivity index (χ4n) is 2.26. The molecule has 8 heteroatoms. The van der Waals surface area contributed by atoms with Gasteiger partial charge in [0, 0.05) is 25.1 Å². The van der Waals surface area contributed by atoms with Crippen LogP contribution in [-0.4, -0.2) is 40.7 Å². The number of furan rings is 1. The number of nitrogens with one attached hydrogen (secondary N) is 1. The van der Waals surface area contributed by atoms with E-state index in [9.17, 15) is 4.79 Å². The second-order valence-corrected chi connectivity index (χ2v) is 6.30. The lowest BCUT2D eigenvalue weighted by atomic mass is 10.3. The molecule has 1 amide bonds. The van der Waals surface area contributed by atoms with Gasteiger partial charge in [-0.1, -0.05) is 0 Å². The van der Waals surface area contributed by atoms with Crippen LogP contribution in [0.2, 0.25) is 0 Å². The Labute approximate surface area is 149 Å². The van der Waals surface area contributed by atoms with E-state index in [1.54, 1.807) is 17.2 Å². The number of hydrogen-bond acceptors (Lipinski definition) is 6. The molecule has 3 rings (SSSR count). The van der Waals surface area contributed by atoms with Crippen LogP contribution in [0.5, 0.6) is 0 Å². The molecule has 2 aromatic rings. The van der Waals surface area contributed by atoms with Gasteiger partial charge in [0.15, 0.2) is 15.9 Å². The Morgan fingerprint density at radius 3 is 3.17 bits per heavy atom. The van der Waals surface area contributed by atoms with Crippen molar-refractivity contribution in [2.75, 3.05) is 19.8 Å². The Bertz CT molecular complexity index is 752. The summed E-state index contributed by atoms with van der Waals surface area (Å²) in [6.07, 6.45) is 4.06. The Kier molecular flexibility index (Phi) is 5.39. The van der Waals surface area contributed by atoms with E-state index in [4.69, 9.17) is 21.4 Å². The quantitative estimate of drug-likeness (QED) is 0.463. The SMILES string of the molecule is CCOCCCN1C(=O)/C(=C\c2csc(-c3ccco3)n2)NC1=S. The number of aromatic nitrogens is 1. The predicted molar refractivity (Wildman–Crippen MR) is 96.3 cm³/mol. The third-order valence-corrected chi connectivity index (χ3v) is 4.58. The third kappa shape index (κ3) is 3.72. The molecule has 1 aliphatic rings. The summed E-state index contributed by atoms with van der Waals surface area (Å²) in [5.41, 5.74) is 1.13. The molecule has 24 heavy (non-hydrogen) atoms. The maximum Gasteiger partial charge on any atom is 0.276 e. The molecule has 0 aromatic carbocycles. The van der Waals surface area contributed by atoms with E-state index in [0.717, 1.165) is 11.4 Å². The predicted octanol–water partition coefficient (Wildman–Crippen LogP) is 2.89. The third-order valence-electron chi connectivity index (χ3n) is 3.38. The number of thiocarbonyl (C=S) groups is 1. The van der Waals surface area contributed by atoms with Gasteiger partial charge in [-0.25, -0.2) is 4.98 Å². The maximum absolute atomic E-state index is 12.4. The Hall–Kier alpha value is -2.03. The molecule has 1 fully saturated rings. The molecule has 1 aliphatic heterocycles. The van der Waals surface area contributed by atoms with Crippen molar-refractivity contribution >= 4 is 40.7 Å². The van der Waals surface area contributed by atoms with Crippen LogP contribution in [-0.2, 0) is 9.53 Å². The summed E-state index contributed by atoms with van der Waals surface area (Å²) in [7, 11) is 0. The van der Waals surface area contributed by atoms with E-state index in [0.29, 0.717) is 42.0 Å². The summed E-state index contributed by atoms with van der Waals surface area (Å²) < 4.78 is 10.6. The summed E-state index contributed by atoms with van der Waals surface area (Å²) in [5, 5.41) is 6.02. The fraction of sp³-hybridized carbons (Fsp3) is 0.312. The van der Waals surface area contributed by atoms with E-state index in [1.165, 1.54) is 11.3 Å². The molecule has 0 spiro atoms. The van der Waals surface area contributed by atoms with E-state index in [2.05, 4.69) is 10.3 Å².